The van der Waals surface area contributed by atoms with Crippen LogP contribution in [-0.2, 0) is 0 Å². The summed E-state index contributed by atoms with van der Waals surface area (Å²) in [6.45, 7) is 0. The van der Waals surface area contributed by atoms with Crippen molar-refractivity contribution >= 4 is 86.8 Å². The van der Waals surface area contributed by atoms with Gasteiger partial charge in [-0.1, -0.05) is 443 Å². The van der Waals surface area contributed by atoms with E-state index in [1.165, 1.54) is 5.39 Å². The molecule has 27 rings (SSSR count). The molecule has 0 amide bonds. The Kier molecular flexibility index (Phi) is 23.4. The topological polar surface area (TPSA) is 168 Å². The second-order valence-corrected chi connectivity index (χ2v) is 35.8. The van der Waals surface area contributed by atoms with Gasteiger partial charge in [0.1, 0.15) is 0 Å². The molecule has 10 heterocycles. The van der Waals surface area contributed by atoms with Crippen LogP contribution in [0.15, 0.2) is 516 Å². The van der Waals surface area contributed by atoms with Crippen molar-refractivity contribution in [2.24, 2.45) is 0 Å². The first-order chi connectivity index (χ1) is 72.4. The molecule has 0 aliphatic heterocycles. The molecule has 13 nitrogen and oxygen atoms in total. The van der Waals surface area contributed by atoms with Crippen LogP contribution in [0.4, 0.5) is 0 Å². The Labute approximate surface area is 842 Å². The summed E-state index contributed by atoms with van der Waals surface area (Å²) in [6, 6.07) is 167. The van der Waals surface area contributed by atoms with Gasteiger partial charge >= 0.3 is 0 Å². The van der Waals surface area contributed by atoms with Gasteiger partial charge in [-0.3, -0.25) is 15.0 Å². The van der Waals surface area contributed by atoms with E-state index in [1.807, 2.05) is 189 Å². The Morgan fingerprint density at radius 2 is 0.432 bits per heavy atom. The van der Waals surface area contributed by atoms with Crippen molar-refractivity contribution < 1.29 is 0 Å². The van der Waals surface area contributed by atoms with E-state index < -0.39 is 0 Å². The van der Waals surface area contributed by atoms with Crippen molar-refractivity contribution in [1.82, 2.24) is 64.8 Å². The molecule has 0 aliphatic rings. The van der Waals surface area contributed by atoms with Gasteiger partial charge in [-0.15, -0.1) is 0 Å². The molecule has 146 heavy (non-hydrogen) atoms. The van der Waals surface area contributed by atoms with Gasteiger partial charge < -0.3 is 0 Å². The second kappa shape index (κ2) is 39.1. The predicted octanol–water partition coefficient (Wildman–Crippen LogP) is 33.1. The summed E-state index contributed by atoms with van der Waals surface area (Å²) in [7, 11) is 0. The summed E-state index contributed by atoms with van der Waals surface area (Å²) in [5.41, 5.74) is 32.8. The highest BCUT2D eigenvalue weighted by Gasteiger charge is 2.25. The minimum atomic E-state index is 0.624. The first kappa shape index (κ1) is 87.6. The maximum absolute atomic E-state index is 5.42. The van der Waals surface area contributed by atoms with Gasteiger partial charge in [0, 0.05) is 179 Å². The minimum Gasteiger partial charge on any atom is -0.264 e. The summed E-state index contributed by atoms with van der Waals surface area (Å²) in [4.78, 5) is 65.0. The number of hydrogen-bond donors (Lipinski definition) is 0. The number of para-hydroxylation sites is 3. The van der Waals surface area contributed by atoms with Crippen molar-refractivity contribution in [3.05, 3.63) is 516 Å². The van der Waals surface area contributed by atoms with E-state index in [0.717, 1.165) is 238 Å². The van der Waals surface area contributed by atoms with E-state index in [-0.39, 0.29) is 0 Å². The summed E-state index contributed by atoms with van der Waals surface area (Å²) in [5.74, 6) is 2.61. The number of fused-ring (bicyclic) bond motifs is 12. The molecule has 682 valence electrons. The second-order valence-electron chi connectivity index (χ2n) is 35.8. The molecule has 13 heteroatoms. The molecular formula is C133H85N13. The molecule has 0 saturated heterocycles. The van der Waals surface area contributed by atoms with Crippen LogP contribution in [0.5, 0.6) is 0 Å². The molecule has 0 aliphatic carbocycles. The highest BCUT2D eigenvalue weighted by molar-refractivity contribution is 6.23. The van der Waals surface area contributed by atoms with Crippen molar-refractivity contribution in [2.75, 3.05) is 0 Å². The molecule has 0 saturated carbocycles. The van der Waals surface area contributed by atoms with E-state index >= 15 is 0 Å². The van der Waals surface area contributed by atoms with Gasteiger partial charge in [0.05, 0.1) is 73.1 Å². The van der Waals surface area contributed by atoms with Crippen molar-refractivity contribution in [1.29, 1.82) is 0 Å². The van der Waals surface area contributed by atoms with Crippen LogP contribution in [0.1, 0.15) is 0 Å². The third kappa shape index (κ3) is 17.2. The third-order valence-electron chi connectivity index (χ3n) is 26.9. The summed E-state index contributed by atoms with van der Waals surface area (Å²) in [5, 5.41) is 12.2. The summed E-state index contributed by atoms with van der Waals surface area (Å²) >= 11 is 0. The fourth-order valence-electron chi connectivity index (χ4n) is 19.9. The van der Waals surface area contributed by atoms with Crippen molar-refractivity contribution in [2.45, 2.75) is 0 Å². The van der Waals surface area contributed by atoms with Crippen LogP contribution in [0.3, 0.4) is 0 Å². The van der Waals surface area contributed by atoms with E-state index in [1.54, 1.807) is 0 Å². The Morgan fingerprint density at radius 3 is 0.829 bits per heavy atom. The normalized spacial score (nSPS) is 11.3. The zero-order valence-electron chi connectivity index (χ0n) is 78.9. The van der Waals surface area contributed by atoms with Gasteiger partial charge in [-0.05, 0) is 64.7 Å². The van der Waals surface area contributed by atoms with E-state index in [4.69, 9.17) is 54.8 Å². The lowest BCUT2D eigenvalue weighted by atomic mass is 9.91. The van der Waals surface area contributed by atoms with E-state index in [9.17, 15) is 0 Å². The van der Waals surface area contributed by atoms with E-state index in [0.29, 0.717) is 23.3 Å². The number of pyridine rings is 8. The first-order valence-electron chi connectivity index (χ1n) is 48.7. The molecular weight excluding hydrogens is 1780 g/mol. The molecule has 0 fully saturated rings. The standard InChI is InChI=1S/C46H30N4.C45H29N5.C42H26N4/c1-4-13-32(14-5-1)41-29-42(49-46(48-41)35-17-8-3-9-18-35)33-26-24-31(25-27-33)38-21-11-23-40-43-37(36-19-12-28-47-30-36)20-10-22-39(43)44(50-45(38)40)34-15-6-2-7-16-34;1-4-13-31(14-5-1)41-38-22-10-20-36(35-19-12-28-46-29-35)40(38)39-23-11-21-37(42(39)47-41)30-24-26-34(27-25-30)45-49-43(32-15-6-2-7-16-32)48-44(50-45)33-17-8-3-9-18-33;1-3-11-27(12-4-1)35-24-22-29-20-21-30-23-25-37(45-41(30)40(29)44-35)32-16-10-18-34-38-31(36-19-7-8-26-43-36)15-9-17-33(38)39(46-42(32)34)28-13-5-2-6-14-28/h1-30H;1-29H;1-26H. The summed E-state index contributed by atoms with van der Waals surface area (Å²) in [6.07, 6.45) is 9.34. The summed E-state index contributed by atoms with van der Waals surface area (Å²) < 4.78 is 0. The minimum absolute atomic E-state index is 0.624. The zero-order chi connectivity index (χ0) is 97.0. The molecule has 0 bridgehead atoms. The van der Waals surface area contributed by atoms with Crippen LogP contribution in [0, 0.1) is 0 Å². The maximum Gasteiger partial charge on any atom is 0.164 e. The van der Waals surface area contributed by atoms with Crippen LogP contribution in [0.25, 0.3) is 267 Å². The molecule has 27 aromatic rings. The molecule has 0 unspecified atom stereocenters. The lowest BCUT2D eigenvalue weighted by Crippen LogP contribution is -2.00. The monoisotopic (exact) mass is 1860 g/mol. The zero-order valence-corrected chi connectivity index (χ0v) is 78.9. The average molecular weight is 1870 g/mol. The number of hydrogen-bond acceptors (Lipinski definition) is 13. The van der Waals surface area contributed by atoms with Gasteiger partial charge in [-0.2, -0.15) is 0 Å². The highest BCUT2D eigenvalue weighted by Crippen LogP contribution is 2.47. The molecule has 0 radical (unpaired) electrons. The Morgan fingerprint density at radius 1 is 0.137 bits per heavy atom. The van der Waals surface area contributed by atoms with E-state index in [2.05, 4.69) is 338 Å². The molecule has 0 atom stereocenters. The number of benzene rings is 17. The molecule has 10 aromatic heterocycles. The van der Waals surface area contributed by atoms with Crippen LogP contribution < -0.4 is 0 Å². The van der Waals surface area contributed by atoms with Crippen LogP contribution in [-0.4, -0.2) is 64.8 Å². The lowest BCUT2D eigenvalue weighted by molar-refractivity contribution is 1.07. The quantitative estimate of drug-likeness (QED) is 0.0839. The number of rotatable bonds is 16. The Balaban J connectivity index is 0.000000114. The van der Waals surface area contributed by atoms with Gasteiger partial charge in [0.2, 0.25) is 0 Å². The fraction of sp³-hybridized carbons (Fsp3) is 0. The first-order valence-corrected chi connectivity index (χ1v) is 48.7. The Bertz CT molecular complexity index is 9040. The molecule has 17 aromatic carbocycles. The van der Waals surface area contributed by atoms with Crippen molar-refractivity contribution in [3.8, 4) is 180 Å². The SMILES string of the molecule is c1ccc(-c2cc(-c3ccc(-c4cccc5c4nc(-c4ccccc4)c4cccc(-c6cccnc6)c45)cc3)nc(-c3ccccc3)n2)cc1.c1ccc(-c2ccc3ccc4ccc(-c5cccc6c5nc(-c5ccccc5)c5cccc(-c7ccccn7)c56)nc4c3n2)cc1.c1ccc(-c2nc(-c3ccccc3)nc(-c3ccc(-c4cccc5c4nc(-c4ccccc4)c4cccc(-c6cccnc6)c45)cc3)n2)cc1. The van der Waals surface area contributed by atoms with Gasteiger partial charge in [0.25, 0.3) is 0 Å². The smallest absolute Gasteiger partial charge is 0.164 e. The predicted molar refractivity (Wildman–Crippen MR) is 598 cm³/mol. The van der Waals surface area contributed by atoms with Gasteiger partial charge in [0.15, 0.2) is 23.3 Å². The van der Waals surface area contributed by atoms with Crippen LogP contribution in [0.2, 0.25) is 0 Å². The average Bonchev–Trinajstić information content (AvgIpc) is 0.737. The van der Waals surface area contributed by atoms with Crippen molar-refractivity contribution in [3.63, 3.8) is 0 Å². The lowest BCUT2D eigenvalue weighted by Gasteiger charge is -2.16. The van der Waals surface area contributed by atoms with Gasteiger partial charge in [-0.25, -0.2) is 49.8 Å². The highest BCUT2D eigenvalue weighted by atomic mass is 15.0. The Hall–Kier alpha value is -19.9. The number of nitrogens with zero attached hydrogens (tertiary/aromatic N) is 13. The largest absolute Gasteiger partial charge is 0.264 e. The fourth-order valence-corrected chi connectivity index (χ4v) is 19.9. The maximum atomic E-state index is 5.42. The number of aromatic nitrogens is 13. The third-order valence-corrected chi connectivity index (χ3v) is 26.9. The molecule has 0 N–H and O–H groups in total. The molecule has 0 spiro atoms. The van der Waals surface area contributed by atoms with Crippen LogP contribution >= 0.6 is 0 Å².